The Morgan fingerprint density at radius 3 is 2.19 bits per heavy atom. The second-order valence-electron chi connectivity index (χ2n) is 7.26. The Morgan fingerprint density at radius 2 is 1.59 bits per heavy atom. The zero-order chi connectivity index (χ0) is 19.2. The molecule has 0 aliphatic heterocycles. The first-order chi connectivity index (χ1) is 12.8. The third-order valence-electron chi connectivity index (χ3n) is 4.33. The van der Waals surface area contributed by atoms with Crippen molar-refractivity contribution in [1.82, 2.24) is 19.8 Å². The minimum atomic E-state index is -0.415. The molecule has 0 N–H and O–H groups in total. The van der Waals surface area contributed by atoms with Gasteiger partial charge in [0.25, 0.3) is 5.69 Å². The van der Waals surface area contributed by atoms with Crippen molar-refractivity contribution >= 4 is 22.0 Å². The summed E-state index contributed by atoms with van der Waals surface area (Å²) in [4.78, 5) is 11.1. The van der Waals surface area contributed by atoms with Crippen LogP contribution in [0, 0.1) is 10.1 Å². The van der Waals surface area contributed by atoms with Crippen LogP contribution in [0.5, 0.6) is 0 Å². The summed E-state index contributed by atoms with van der Waals surface area (Å²) in [5.41, 5.74) is 3.14. The van der Waals surface area contributed by atoms with E-state index < -0.39 is 4.92 Å². The summed E-state index contributed by atoms with van der Waals surface area (Å²) in [7, 11) is 0. The predicted octanol–water partition coefficient (Wildman–Crippen LogP) is 4.73. The summed E-state index contributed by atoms with van der Waals surface area (Å²) in [6.07, 6.45) is 0. The first-order valence-corrected chi connectivity index (χ1v) is 9.22. The topological polar surface area (TPSA) is 86.2 Å². The van der Waals surface area contributed by atoms with E-state index in [1.54, 1.807) is 16.6 Å². The predicted molar refractivity (Wildman–Crippen MR) is 105 cm³/mol. The van der Waals surface area contributed by atoms with Gasteiger partial charge >= 0.3 is 0 Å². The number of non-ortho nitro benzene ring substituents is 1. The average Bonchev–Trinajstić information content (AvgIpc) is 3.22. The van der Waals surface area contributed by atoms with Crippen LogP contribution in [0.3, 0.4) is 0 Å². The van der Waals surface area contributed by atoms with Gasteiger partial charge in [-0.3, -0.25) is 10.1 Å². The lowest BCUT2D eigenvalue weighted by molar-refractivity contribution is -0.384. The number of aromatic nitrogens is 4. The van der Waals surface area contributed by atoms with E-state index in [-0.39, 0.29) is 11.1 Å². The number of fused-ring (bicyclic) bond motifs is 1. The van der Waals surface area contributed by atoms with Crippen LogP contribution < -0.4 is 0 Å². The summed E-state index contributed by atoms with van der Waals surface area (Å²) in [5, 5.41) is 24.6. The van der Waals surface area contributed by atoms with Crippen LogP contribution >= 0.6 is 11.3 Å². The Labute approximate surface area is 159 Å². The second kappa shape index (κ2) is 6.24. The first-order valence-electron chi connectivity index (χ1n) is 8.41. The maximum atomic E-state index is 10.8. The van der Waals surface area contributed by atoms with Gasteiger partial charge in [0.05, 0.1) is 4.92 Å². The van der Waals surface area contributed by atoms with Crippen molar-refractivity contribution in [3.05, 3.63) is 64.2 Å². The zero-order valence-electron chi connectivity index (χ0n) is 15.1. The summed E-state index contributed by atoms with van der Waals surface area (Å²) in [5.74, 6) is 0.676. The van der Waals surface area contributed by atoms with Crippen molar-refractivity contribution < 1.29 is 4.92 Å². The standard InChI is InChI=1S/C19H17N5O2S/c1-19(2,3)14-8-4-12(5-9-14)16-20-21-18-23(16)22-17(27-18)13-6-10-15(11-7-13)24(25)26/h4-11H,1-3H3. The largest absolute Gasteiger partial charge is 0.269 e. The zero-order valence-corrected chi connectivity index (χ0v) is 15.9. The maximum Gasteiger partial charge on any atom is 0.269 e. The third-order valence-corrected chi connectivity index (χ3v) is 5.27. The Bertz CT molecular complexity index is 1120. The molecule has 27 heavy (non-hydrogen) atoms. The quantitative estimate of drug-likeness (QED) is 0.379. The van der Waals surface area contributed by atoms with Crippen LogP contribution in [0.25, 0.3) is 26.9 Å². The molecule has 0 radical (unpaired) electrons. The van der Waals surface area contributed by atoms with Gasteiger partial charge in [0.1, 0.15) is 5.01 Å². The Morgan fingerprint density at radius 1 is 0.963 bits per heavy atom. The van der Waals surface area contributed by atoms with Gasteiger partial charge in [-0.15, -0.1) is 10.2 Å². The highest BCUT2D eigenvalue weighted by atomic mass is 32.1. The van der Waals surface area contributed by atoms with E-state index in [0.717, 1.165) is 16.1 Å². The number of hydrogen-bond donors (Lipinski definition) is 0. The van der Waals surface area contributed by atoms with E-state index in [2.05, 4.69) is 48.2 Å². The highest BCUT2D eigenvalue weighted by molar-refractivity contribution is 7.19. The van der Waals surface area contributed by atoms with Crippen molar-refractivity contribution in [1.29, 1.82) is 0 Å². The Balaban J connectivity index is 1.71. The van der Waals surface area contributed by atoms with E-state index in [4.69, 9.17) is 0 Å². The fourth-order valence-corrected chi connectivity index (χ4v) is 3.60. The number of hydrogen-bond acceptors (Lipinski definition) is 6. The third kappa shape index (κ3) is 3.19. The Hall–Kier alpha value is -3.13. The molecule has 0 unspecified atom stereocenters. The molecule has 4 rings (SSSR count). The van der Waals surface area contributed by atoms with E-state index in [1.807, 2.05) is 12.1 Å². The highest BCUT2D eigenvalue weighted by Gasteiger charge is 2.17. The van der Waals surface area contributed by atoms with Gasteiger partial charge in [0.15, 0.2) is 5.82 Å². The van der Waals surface area contributed by atoms with E-state index in [1.165, 1.54) is 29.0 Å². The van der Waals surface area contributed by atoms with Crippen molar-refractivity contribution in [2.75, 3.05) is 0 Å². The van der Waals surface area contributed by atoms with Crippen LogP contribution in [0.2, 0.25) is 0 Å². The van der Waals surface area contributed by atoms with Crippen molar-refractivity contribution in [3.63, 3.8) is 0 Å². The number of nitrogens with zero attached hydrogens (tertiary/aromatic N) is 5. The van der Waals surface area contributed by atoms with Crippen molar-refractivity contribution in [3.8, 4) is 22.0 Å². The fourth-order valence-electron chi connectivity index (χ4n) is 2.76. The molecular weight excluding hydrogens is 362 g/mol. The number of rotatable bonds is 3. The van der Waals surface area contributed by atoms with Gasteiger partial charge in [0, 0.05) is 23.3 Å². The minimum absolute atomic E-state index is 0.0568. The molecule has 7 nitrogen and oxygen atoms in total. The fraction of sp³-hybridized carbons (Fsp3) is 0.211. The molecule has 8 heteroatoms. The summed E-state index contributed by atoms with van der Waals surface area (Å²) in [6.45, 7) is 6.52. The molecular formula is C19H17N5O2S. The number of benzene rings is 2. The van der Waals surface area contributed by atoms with E-state index in [9.17, 15) is 10.1 Å². The van der Waals surface area contributed by atoms with Crippen molar-refractivity contribution in [2.45, 2.75) is 26.2 Å². The van der Waals surface area contributed by atoms with Gasteiger partial charge in [-0.1, -0.05) is 56.4 Å². The van der Waals surface area contributed by atoms with Gasteiger partial charge in [-0.25, -0.2) is 0 Å². The molecule has 0 saturated carbocycles. The molecule has 0 aliphatic rings. The van der Waals surface area contributed by atoms with Crippen LogP contribution in [0.1, 0.15) is 26.3 Å². The molecule has 0 spiro atoms. The smallest absolute Gasteiger partial charge is 0.258 e. The normalized spacial score (nSPS) is 11.8. The van der Waals surface area contributed by atoms with Crippen LogP contribution in [-0.4, -0.2) is 24.7 Å². The molecule has 0 bridgehead atoms. The number of nitro groups is 1. The molecule has 4 aromatic rings. The molecule has 2 heterocycles. The van der Waals surface area contributed by atoms with Crippen LogP contribution in [0.15, 0.2) is 48.5 Å². The molecule has 2 aromatic carbocycles. The molecule has 0 fully saturated rings. The summed E-state index contributed by atoms with van der Waals surface area (Å²) in [6, 6.07) is 14.6. The molecule has 0 amide bonds. The molecule has 0 saturated heterocycles. The molecule has 0 aliphatic carbocycles. The number of nitro benzene ring substituents is 1. The lowest BCUT2D eigenvalue weighted by Gasteiger charge is -2.18. The lowest BCUT2D eigenvalue weighted by Crippen LogP contribution is -2.10. The average molecular weight is 379 g/mol. The van der Waals surface area contributed by atoms with Gasteiger partial charge < -0.3 is 0 Å². The lowest BCUT2D eigenvalue weighted by atomic mass is 9.87. The summed E-state index contributed by atoms with van der Waals surface area (Å²) < 4.78 is 1.72. The maximum absolute atomic E-state index is 10.8. The van der Waals surface area contributed by atoms with Crippen LogP contribution in [-0.2, 0) is 5.41 Å². The van der Waals surface area contributed by atoms with Gasteiger partial charge in [-0.2, -0.15) is 9.61 Å². The minimum Gasteiger partial charge on any atom is -0.258 e. The van der Waals surface area contributed by atoms with E-state index in [0.29, 0.717) is 10.8 Å². The Kier molecular flexibility index (Phi) is 4.00. The van der Waals surface area contributed by atoms with Gasteiger partial charge in [0.2, 0.25) is 4.96 Å². The second-order valence-corrected chi connectivity index (χ2v) is 8.21. The molecule has 136 valence electrons. The highest BCUT2D eigenvalue weighted by Crippen LogP contribution is 2.30. The van der Waals surface area contributed by atoms with E-state index >= 15 is 0 Å². The monoisotopic (exact) mass is 379 g/mol. The molecule has 0 atom stereocenters. The first kappa shape index (κ1) is 17.3. The molecule has 2 aromatic heterocycles. The van der Waals surface area contributed by atoms with Gasteiger partial charge in [-0.05, 0) is 23.1 Å². The van der Waals surface area contributed by atoms with Crippen LogP contribution in [0.4, 0.5) is 5.69 Å². The SMILES string of the molecule is CC(C)(C)c1ccc(-c2nnc3sc(-c4ccc([N+](=O)[O-])cc4)nn23)cc1. The summed E-state index contributed by atoms with van der Waals surface area (Å²) >= 11 is 1.40. The van der Waals surface area contributed by atoms with Crippen molar-refractivity contribution in [2.24, 2.45) is 0 Å².